The molecule has 160 valence electrons. The van der Waals surface area contributed by atoms with Gasteiger partial charge in [-0.1, -0.05) is 73.9 Å². The molecule has 31 heavy (non-hydrogen) atoms. The second-order valence-corrected chi connectivity index (χ2v) is 8.07. The van der Waals surface area contributed by atoms with E-state index in [2.05, 4.69) is 54.2 Å². The zero-order valence-electron chi connectivity index (χ0n) is 18.2. The number of nitriles is 1. The second-order valence-electron chi connectivity index (χ2n) is 7.66. The Morgan fingerprint density at radius 2 is 1.45 bits per heavy atom. The molecule has 3 aromatic rings. The van der Waals surface area contributed by atoms with Crippen LogP contribution in [0.2, 0.25) is 0 Å². The van der Waals surface area contributed by atoms with Crippen molar-refractivity contribution >= 4 is 12.2 Å². The first-order valence-electron chi connectivity index (χ1n) is 11.1. The van der Waals surface area contributed by atoms with Crippen LogP contribution in [0.15, 0.2) is 67.0 Å². The molecule has 0 aliphatic rings. The molecule has 2 aromatic carbocycles. The van der Waals surface area contributed by atoms with Crippen molar-refractivity contribution < 1.29 is 4.74 Å². The molecule has 0 aliphatic carbocycles. The highest BCUT2D eigenvalue weighted by molar-refractivity contribution is 7.71. The molecule has 3 nitrogen and oxygen atoms in total. The van der Waals surface area contributed by atoms with Crippen LogP contribution in [0.1, 0.15) is 45.4 Å². The summed E-state index contributed by atoms with van der Waals surface area (Å²) in [6.45, 7) is 3.76. The van der Waals surface area contributed by atoms with Crippen LogP contribution in [0.3, 0.4) is 0 Å². The van der Waals surface area contributed by atoms with Gasteiger partial charge in [-0.3, -0.25) is 0 Å². The van der Waals surface area contributed by atoms with Crippen molar-refractivity contribution in [1.82, 2.24) is 4.57 Å². The predicted molar refractivity (Wildman–Crippen MR) is 131 cm³/mol. The number of ether oxygens (including phenoxy) is 1. The topological polar surface area (TPSA) is 38.0 Å². The van der Waals surface area contributed by atoms with E-state index in [1.165, 1.54) is 6.42 Å². The zero-order chi connectivity index (χ0) is 21.9. The van der Waals surface area contributed by atoms with Crippen LogP contribution < -0.4 is 4.74 Å². The van der Waals surface area contributed by atoms with E-state index in [0.717, 1.165) is 71.3 Å². The predicted octanol–water partition coefficient (Wildman–Crippen LogP) is 7.81. The Kier molecular flexibility index (Phi) is 8.87. The number of benzene rings is 2. The Labute approximate surface area is 190 Å². The summed E-state index contributed by atoms with van der Waals surface area (Å²) in [5.41, 5.74) is 4.41. The molecule has 0 saturated heterocycles. The first-order valence-corrected chi connectivity index (χ1v) is 11.5. The molecule has 0 fully saturated rings. The fourth-order valence-corrected chi connectivity index (χ4v) is 3.94. The van der Waals surface area contributed by atoms with Gasteiger partial charge in [-0.25, -0.2) is 0 Å². The number of aromatic nitrogens is 1. The zero-order valence-corrected chi connectivity index (χ0v) is 19.0. The highest BCUT2D eigenvalue weighted by atomic mass is 32.1. The summed E-state index contributed by atoms with van der Waals surface area (Å²) in [4.78, 5) is 0. The van der Waals surface area contributed by atoms with Crippen LogP contribution in [0.5, 0.6) is 5.75 Å². The van der Waals surface area contributed by atoms with Gasteiger partial charge in [0.05, 0.1) is 17.2 Å². The van der Waals surface area contributed by atoms with Crippen molar-refractivity contribution in [3.05, 3.63) is 71.5 Å². The van der Waals surface area contributed by atoms with Gasteiger partial charge in [-0.2, -0.15) is 5.26 Å². The van der Waals surface area contributed by atoms with Gasteiger partial charge in [-0.05, 0) is 43.0 Å². The quantitative estimate of drug-likeness (QED) is 0.230. The number of hydrogen-bond donors (Lipinski definition) is 0. The van der Waals surface area contributed by atoms with E-state index in [9.17, 15) is 0 Å². The van der Waals surface area contributed by atoms with E-state index >= 15 is 0 Å². The van der Waals surface area contributed by atoms with Gasteiger partial charge in [0.1, 0.15) is 5.75 Å². The maximum Gasteiger partial charge on any atom is 0.119 e. The molecular formula is C27H30N2OS. The van der Waals surface area contributed by atoms with Crippen molar-refractivity contribution in [2.45, 2.75) is 52.0 Å². The number of unbranched alkanes of at least 4 members (excludes halogenated alkanes) is 5. The third-order valence-corrected chi connectivity index (χ3v) is 5.84. The number of hydrogen-bond acceptors (Lipinski definition) is 3. The highest BCUT2D eigenvalue weighted by Crippen LogP contribution is 2.30. The standard InChI is InChI=1S/C27H30N2OS/c1-2-29-20-25(22-12-8-7-9-13-22)27(31)26(21-29)23-14-16-24(17-15-23)30-19-11-6-4-3-5-10-18-28/h7-9,12-17,20-21H,2-6,10-11,19H2,1H3. The van der Waals surface area contributed by atoms with Gasteiger partial charge in [0.25, 0.3) is 0 Å². The maximum atomic E-state index is 8.56. The number of nitrogens with zero attached hydrogens (tertiary/aromatic N) is 2. The molecule has 0 N–H and O–H groups in total. The normalized spacial score (nSPS) is 10.6. The summed E-state index contributed by atoms with van der Waals surface area (Å²) < 4.78 is 8.97. The third kappa shape index (κ3) is 6.54. The first kappa shape index (κ1) is 22.8. The van der Waals surface area contributed by atoms with Gasteiger partial charge in [0, 0.05) is 36.5 Å². The Morgan fingerprint density at radius 1 is 0.839 bits per heavy atom. The lowest BCUT2D eigenvalue weighted by atomic mass is 10.0. The molecule has 0 atom stereocenters. The van der Waals surface area contributed by atoms with Crippen LogP contribution >= 0.6 is 12.2 Å². The summed E-state index contributed by atoms with van der Waals surface area (Å²) >= 11 is 5.87. The van der Waals surface area contributed by atoms with Crippen molar-refractivity contribution in [2.75, 3.05) is 6.61 Å². The number of aryl methyl sites for hydroxylation is 1. The van der Waals surface area contributed by atoms with Crippen molar-refractivity contribution in [1.29, 1.82) is 5.26 Å². The second kappa shape index (κ2) is 12.1. The fourth-order valence-electron chi connectivity index (χ4n) is 3.60. The minimum atomic E-state index is 0.668. The van der Waals surface area contributed by atoms with E-state index in [1.807, 2.05) is 30.3 Å². The van der Waals surface area contributed by atoms with E-state index in [4.69, 9.17) is 22.2 Å². The van der Waals surface area contributed by atoms with Crippen LogP contribution in [0.4, 0.5) is 0 Å². The maximum absolute atomic E-state index is 8.56. The van der Waals surface area contributed by atoms with E-state index in [0.29, 0.717) is 6.42 Å². The molecule has 1 aromatic heterocycles. The van der Waals surface area contributed by atoms with Gasteiger partial charge in [-0.15, -0.1) is 0 Å². The van der Waals surface area contributed by atoms with Crippen LogP contribution in [-0.4, -0.2) is 11.2 Å². The number of pyridine rings is 1. The van der Waals surface area contributed by atoms with Gasteiger partial charge >= 0.3 is 0 Å². The molecule has 0 saturated carbocycles. The summed E-state index contributed by atoms with van der Waals surface area (Å²) in [5.74, 6) is 0.890. The van der Waals surface area contributed by atoms with E-state index in [-0.39, 0.29) is 0 Å². The third-order valence-electron chi connectivity index (χ3n) is 5.40. The summed E-state index contributed by atoms with van der Waals surface area (Å²) in [5, 5.41) is 8.56. The van der Waals surface area contributed by atoms with Crippen LogP contribution in [0, 0.1) is 15.8 Å². The van der Waals surface area contributed by atoms with E-state index < -0.39 is 0 Å². The molecular weight excluding hydrogens is 400 g/mol. The Balaban J connectivity index is 1.66. The monoisotopic (exact) mass is 430 g/mol. The largest absolute Gasteiger partial charge is 0.494 e. The minimum Gasteiger partial charge on any atom is -0.494 e. The Morgan fingerprint density at radius 3 is 2.10 bits per heavy atom. The Hall–Kier alpha value is -2.90. The summed E-state index contributed by atoms with van der Waals surface area (Å²) in [6.07, 6.45) is 10.4. The van der Waals surface area contributed by atoms with Crippen LogP contribution in [-0.2, 0) is 6.54 Å². The molecule has 1 heterocycles. The first-order chi connectivity index (χ1) is 15.2. The summed E-state index contributed by atoms with van der Waals surface area (Å²) in [7, 11) is 0. The summed E-state index contributed by atoms with van der Waals surface area (Å²) in [6, 6.07) is 20.8. The van der Waals surface area contributed by atoms with Crippen molar-refractivity contribution in [3.8, 4) is 34.1 Å². The minimum absolute atomic E-state index is 0.668. The average Bonchev–Trinajstić information content (AvgIpc) is 2.82. The average molecular weight is 431 g/mol. The number of rotatable bonds is 11. The molecule has 0 unspecified atom stereocenters. The SMILES string of the molecule is CCn1cc(-c2ccccc2)c(=S)c(-c2ccc(OCCCCCCCC#N)cc2)c1. The lowest BCUT2D eigenvalue weighted by Crippen LogP contribution is -1.99. The molecule has 0 bridgehead atoms. The molecule has 4 heteroatoms. The lowest BCUT2D eigenvalue weighted by molar-refractivity contribution is 0.304. The molecule has 0 amide bonds. The van der Waals surface area contributed by atoms with Crippen molar-refractivity contribution in [2.24, 2.45) is 0 Å². The van der Waals surface area contributed by atoms with E-state index in [1.54, 1.807) is 0 Å². The van der Waals surface area contributed by atoms with Gasteiger partial charge in [0.15, 0.2) is 0 Å². The van der Waals surface area contributed by atoms with Crippen LogP contribution in [0.25, 0.3) is 22.3 Å². The highest BCUT2D eigenvalue weighted by Gasteiger charge is 2.09. The van der Waals surface area contributed by atoms with Crippen molar-refractivity contribution in [3.63, 3.8) is 0 Å². The molecule has 3 rings (SSSR count). The Bertz CT molecular complexity index is 1050. The fraction of sp³-hybridized carbons (Fsp3) is 0.333. The lowest BCUT2D eigenvalue weighted by Gasteiger charge is -2.13. The van der Waals surface area contributed by atoms with Gasteiger partial charge in [0.2, 0.25) is 0 Å². The van der Waals surface area contributed by atoms with Gasteiger partial charge < -0.3 is 9.30 Å². The molecule has 0 spiro atoms. The molecule has 0 aliphatic heterocycles. The smallest absolute Gasteiger partial charge is 0.119 e. The molecule has 0 radical (unpaired) electrons.